The lowest BCUT2D eigenvalue weighted by Crippen LogP contribution is -2.35. The summed E-state index contributed by atoms with van der Waals surface area (Å²) >= 11 is 0. The number of aryl methyl sites for hydroxylation is 2. The molecule has 29 heavy (non-hydrogen) atoms. The summed E-state index contributed by atoms with van der Waals surface area (Å²) in [5.41, 5.74) is 3.33. The summed E-state index contributed by atoms with van der Waals surface area (Å²) in [7, 11) is -3.83. The van der Waals surface area contributed by atoms with Crippen molar-refractivity contribution < 1.29 is 22.7 Å². The first-order valence-electron chi connectivity index (χ1n) is 8.96. The van der Waals surface area contributed by atoms with Gasteiger partial charge in [-0.25, -0.2) is 13.1 Å². The highest BCUT2D eigenvalue weighted by Gasteiger charge is 2.19. The number of hydrogen-bond donors (Lipinski definition) is 2. The fourth-order valence-electron chi connectivity index (χ4n) is 2.31. The van der Waals surface area contributed by atoms with Gasteiger partial charge in [0.2, 0.25) is 10.0 Å². The van der Waals surface area contributed by atoms with Crippen LogP contribution in [0, 0.1) is 13.8 Å². The Morgan fingerprint density at radius 3 is 2.41 bits per heavy atom. The molecule has 0 saturated heterocycles. The Kier molecular flexibility index (Phi) is 7.69. The van der Waals surface area contributed by atoms with Crippen LogP contribution in [0.1, 0.15) is 23.6 Å². The van der Waals surface area contributed by atoms with Crippen molar-refractivity contribution in [1.29, 1.82) is 0 Å². The molecule has 2 aromatic rings. The van der Waals surface area contributed by atoms with Gasteiger partial charge in [-0.3, -0.25) is 9.59 Å². The number of anilines is 1. The highest BCUT2D eigenvalue weighted by molar-refractivity contribution is 7.92. The number of esters is 1. The average Bonchev–Trinajstić information content (AvgIpc) is 2.66. The van der Waals surface area contributed by atoms with Gasteiger partial charge in [-0.15, -0.1) is 0 Å². The molecule has 2 rings (SSSR count). The molecule has 2 N–H and O–H groups in total. The van der Waals surface area contributed by atoms with E-state index in [0.29, 0.717) is 11.3 Å². The third-order valence-corrected chi connectivity index (χ3v) is 4.94. The van der Waals surface area contributed by atoms with Crippen LogP contribution in [0.5, 0.6) is 0 Å². The van der Waals surface area contributed by atoms with Crippen LogP contribution in [0.15, 0.2) is 53.9 Å². The Morgan fingerprint density at radius 2 is 1.76 bits per heavy atom. The number of sulfonamides is 1. The highest BCUT2D eigenvalue weighted by atomic mass is 32.2. The molecule has 8 heteroatoms. The van der Waals surface area contributed by atoms with Crippen LogP contribution in [0.3, 0.4) is 0 Å². The monoisotopic (exact) mass is 416 g/mol. The van der Waals surface area contributed by atoms with E-state index in [-0.39, 0.29) is 0 Å². The quantitative estimate of drug-likeness (QED) is 0.645. The molecule has 0 bridgehead atoms. The molecule has 0 saturated carbocycles. The van der Waals surface area contributed by atoms with Crippen molar-refractivity contribution >= 4 is 33.7 Å². The number of benzene rings is 2. The molecule has 7 nitrogen and oxygen atoms in total. The molecule has 0 aromatic heterocycles. The van der Waals surface area contributed by atoms with Crippen LogP contribution in [0.4, 0.5) is 5.69 Å². The molecule has 0 heterocycles. The van der Waals surface area contributed by atoms with Gasteiger partial charge < -0.3 is 10.1 Å². The molecule has 0 fully saturated rings. The fraction of sp³-hybridized carbons (Fsp3) is 0.238. The topological polar surface area (TPSA) is 102 Å². The van der Waals surface area contributed by atoms with Crippen molar-refractivity contribution in [3.05, 3.63) is 70.6 Å². The van der Waals surface area contributed by atoms with E-state index in [1.807, 2.05) is 32.0 Å². The third kappa shape index (κ3) is 7.89. The number of hydrogen-bond acceptors (Lipinski definition) is 5. The number of carbonyl (C=O) groups is 2. The van der Waals surface area contributed by atoms with Gasteiger partial charge in [0, 0.05) is 11.1 Å². The van der Waals surface area contributed by atoms with Crippen LogP contribution in [0.2, 0.25) is 0 Å². The van der Waals surface area contributed by atoms with Crippen LogP contribution in [-0.2, 0) is 24.3 Å². The zero-order valence-corrected chi connectivity index (χ0v) is 17.3. The lowest BCUT2D eigenvalue weighted by Gasteiger charge is -2.14. The Morgan fingerprint density at radius 1 is 1.07 bits per heavy atom. The minimum Gasteiger partial charge on any atom is -0.452 e. The summed E-state index contributed by atoms with van der Waals surface area (Å²) in [6.07, 6.45) is 0.348. The fourth-order valence-corrected chi connectivity index (χ4v) is 3.06. The maximum atomic E-state index is 12.1. The standard InChI is InChI=1S/C21H24N2O5S/c1-15-7-9-18(10-8-15)11-12-29(26,27)22-14-20(24)28-17(3)21(25)23-19-6-4-5-16(2)13-19/h4-13,17,22H,14H2,1-3H3,(H,23,25)/b12-11+/t17-/m0/s1. The number of ether oxygens (including phenoxy) is 1. The second kappa shape index (κ2) is 9.99. The van der Waals surface area contributed by atoms with Gasteiger partial charge >= 0.3 is 5.97 Å². The molecule has 0 aliphatic carbocycles. The van der Waals surface area contributed by atoms with E-state index in [4.69, 9.17) is 4.74 Å². The molecule has 1 atom stereocenters. The molecular weight excluding hydrogens is 392 g/mol. The number of nitrogens with one attached hydrogen (secondary N) is 2. The minimum atomic E-state index is -3.83. The zero-order valence-electron chi connectivity index (χ0n) is 16.5. The summed E-state index contributed by atoms with van der Waals surface area (Å²) in [5.74, 6) is -1.37. The Balaban J connectivity index is 1.83. The first-order valence-corrected chi connectivity index (χ1v) is 10.5. The van der Waals surface area contributed by atoms with E-state index in [9.17, 15) is 18.0 Å². The summed E-state index contributed by atoms with van der Waals surface area (Å²) in [4.78, 5) is 24.0. The SMILES string of the molecule is Cc1ccc(/C=C/S(=O)(=O)NCC(=O)O[C@@H](C)C(=O)Nc2cccc(C)c2)cc1. The predicted octanol–water partition coefficient (Wildman–Crippen LogP) is 2.76. The minimum absolute atomic E-state index is 0.508. The second-order valence-electron chi connectivity index (χ2n) is 6.57. The molecule has 0 spiro atoms. The van der Waals surface area contributed by atoms with Crippen LogP contribution in [-0.4, -0.2) is 32.9 Å². The van der Waals surface area contributed by atoms with E-state index in [0.717, 1.165) is 16.5 Å². The smallest absolute Gasteiger partial charge is 0.321 e. The van der Waals surface area contributed by atoms with Gasteiger partial charge in [0.25, 0.3) is 5.91 Å². The van der Waals surface area contributed by atoms with E-state index >= 15 is 0 Å². The van der Waals surface area contributed by atoms with Crippen LogP contribution in [0.25, 0.3) is 6.08 Å². The van der Waals surface area contributed by atoms with Gasteiger partial charge in [-0.2, -0.15) is 0 Å². The highest BCUT2D eigenvalue weighted by Crippen LogP contribution is 2.10. The Labute approximate surface area is 170 Å². The van der Waals surface area contributed by atoms with Gasteiger partial charge in [0.15, 0.2) is 6.10 Å². The summed E-state index contributed by atoms with van der Waals surface area (Å²) in [5, 5.41) is 3.61. The van der Waals surface area contributed by atoms with Gasteiger partial charge in [-0.05, 0) is 50.1 Å². The molecule has 1 amide bonds. The molecular formula is C21H24N2O5S. The maximum Gasteiger partial charge on any atom is 0.321 e. The first-order chi connectivity index (χ1) is 13.6. The van der Waals surface area contributed by atoms with E-state index < -0.39 is 34.5 Å². The predicted molar refractivity (Wildman–Crippen MR) is 112 cm³/mol. The Hall–Kier alpha value is -2.97. The molecule has 0 aliphatic heterocycles. The molecule has 0 unspecified atom stereocenters. The molecule has 154 valence electrons. The summed E-state index contributed by atoms with van der Waals surface area (Å²) in [6, 6.07) is 14.5. The normalized spacial score (nSPS) is 12.5. The van der Waals surface area contributed by atoms with Crippen LogP contribution < -0.4 is 10.0 Å². The number of amides is 1. The van der Waals surface area contributed by atoms with E-state index in [1.54, 1.807) is 30.3 Å². The molecule has 0 radical (unpaired) electrons. The number of carbonyl (C=O) groups excluding carboxylic acids is 2. The summed E-state index contributed by atoms with van der Waals surface area (Å²) < 4.78 is 31.1. The van der Waals surface area contributed by atoms with Gasteiger partial charge in [0.1, 0.15) is 6.54 Å². The maximum absolute atomic E-state index is 12.1. The largest absolute Gasteiger partial charge is 0.452 e. The third-order valence-electron chi connectivity index (χ3n) is 3.90. The van der Waals surface area contributed by atoms with Crippen molar-refractivity contribution in [3.8, 4) is 0 Å². The molecule has 2 aromatic carbocycles. The van der Waals surface area contributed by atoms with Gasteiger partial charge in [0.05, 0.1) is 0 Å². The first kappa shape index (κ1) is 22.3. The zero-order chi connectivity index (χ0) is 21.4. The van der Waals surface area contributed by atoms with E-state index in [1.165, 1.54) is 13.0 Å². The van der Waals surface area contributed by atoms with Crippen molar-refractivity contribution in [3.63, 3.8) is 0 Å². The number of rotatable bonds is 8. The molecule has 0 aliphatic rings. The second-order valence-corrected chi connectivity index (χ2v) is 8.22. The lowest BCUT2D eigenvalue weighted by molar-refractivity contribution is -0.151. The lowest BCUT2D eigenvalue weighted by atomic mass is 10.2. The average molecular weight is 416 g/mol. The van der Waals surface area contributed by atoms with Crippen molar-refractivity contribution in [1.82, 2.24) is 4.72 Å². The van der Waals surface area contributed by atoms with E-state index in [2.05, 4.69) is 10.0 Å². The van der Waals surface area contributed by atoms with Crippen molar-refractivity contribution in [2.45, 2.75) is 26.9 Å². The summed E-state index contributed by atoms with van der Waals surface area (Å²) in [6.45, 7) is 4.65. The van der Waals surface area contributed by atoms with Crippen molar-refractivity contribution in [2.75, 3.05) is 11.9 Å². The van der Waals surface area contributed by atoms with Gasteiger partial charge in [-0.1, -0.05) is 42.0 Å². The Bertz CT molecular complexity index is 998. The van der Waals surface area contributed by atoms with Crippen LogP contribution >= 0.6 is 0 Å². The van der Waals surface area contributed by atoms with Crippen molar-refractivity contribution in [2.24, 2.45) is 0 Å².